The van der Waals surface area contributed by atoms with Gasteiger partial charge in [0.25, 0.3) is 5.91 Å². The lowest BCUT2D eigenvalue weighted by molar-refractivity contribution is -0.117. The zero-order chi connectivity index (χ0) is 16.8. The van der Waals surface area contributed by atoms with Crippen LogP contribution in [0.1, 0.15) is 6.42 Å². The van der Waals surface area contributed by atoms with Gasteiger partial charge in [0.1, 0.15) is 17.3 Å². The van der Waals surface area contributed by atoms with Crippen LogP contribution < -0.4 is 26.4 Å². The number of amides is 3. The summed E-state index contributed by atoms with van der Waals surface area (Å²) in [5.41, 5.74) is 5.93. The van der Waals surface area contributed by atoms with Gasteiger partial charge in [0.15, 0.2) is 0 Å². The quantitative estimate of drug-likeness (QED) is 0.579. The van der Waals surface area contributed by atoms with Crippen LogP contribution in [-0.2, 0) is 4.79 Å². The molecular formula is C15H17FN4O3. The summed E-state index contributed by atoms with van der Waals surface area (Å²) in [6.07, 6.45) is 0.531. The standard InChI is InChI=1S/C15H17FN4O3/c1-9-12(17)13(20-15(22)19-9)14(21)18-7-2-8-23-11-5-3-10(16)4-6-11/h3-6H,1-2,7-8,17H2,(H,18,21)(H2,19,20,22). The number of urea groups is 1. The minimum absolute atomic E-state index is 0.0294. The van der Waals surface area contributed by atoms with Crippen molar-refractivity contribution in [3.8, 4) is 5.75 Å². The van der Waals surface area contributed by atoms with E-state index in [1.54, 1.807) is 0 Å². The molecule has 122 valence electrons. The SMILES string of the molecule is C=C1NC(=O)NC(C(=O)NCCCOc2ccc(F)cc2)=C1N. The molecule has 8 heteroatoms. The fraction of sp³-hybridized carbons (Fsp3) is 0.200. The molecule has 0 fully saturated rings. The second kappa shape index (κ2) is 7.30. The zero-order valence-corrected chi connectivity index (χ0v) is 12.3. The van der Waals surface area contributed by atoms with E-state index in [4.69, 9.17) is 10.5 Å². The first-order valence-corrected chi connectivity index (χ1v) is 6.91. The Morgan fingerprint density at radius 1 is 1.30 bits per heavy atom. The van der Waals surface area contributed by atoms with Crippen molar-refractivity contribution in [2.45, 2.75) is 6.42 Å². The summed E-state index contributed by atoms with van der Waals surface area (Å²) in [6.45, 7) is 4.22. The summed E-state index contributed by atoms with van der Waals surface area (Å²) in [4.78, 5) is 23.2. The largest absolute Gasteiger partial charge is 0.494 e. The number of carbonyl (C=O) groups is 2. The van der Waals surface area contributed by atoms with E-state index in [-0.39, 0.29) is 22.9 Å². The van der Waals surface area contributed by atoms with Crippen molar-refractivity contribution in [2.75, 3.05) is 13.2 Å². The number of nitrogens with one attached hydrogen (secondary N) is 3. The van der Waals surface area contributed by atoms with Gasteiger partial charge in [-0.2, -0.15) is 0 Å². The van der Waals surface area contributed by atoms with Crippen LogP contribution in [0.25, 0.3) is 0 Å². The maximum absolute atomic E-state index is 12.7. The Morgan fingerprint density at radius 3 is 2.70 bits per heavy atom. The molecule has 1 heterocycles. The number of carbonyl (C=O) groups excluding carboxylic acids is 2. The molecule has 0 aliphatic carbocycles. The van der Waals surface area contributed by atoms with Crippen molar-refractivity contribution in [1.82, 2.24) is 16.0 Å². The van der Waals surface area contributed by atoms with Crippen LogP contribution in [0.4, 0.5) is 9.18 Å². The molecular weight excluding hydrogens is 303 g/mol. The van der Waals surface area contributed by atoms with Gasteiger partial charge in [0, 0.05) is 6.54 Å². The van der Waals surface area contributed by atoms with E-state index in [1.165, 1.54) is 24.3 Å². The summed E-state index contributed by atoms with van der Waals surface area (Å²) in [7, 11) is 0. The zero-order valence-electron chi connectivity index (χ0n) is 12.3. The molecule has 1 aromatic rings. The number of halogens is 1. The molecule has 0 atom stereocenters. The summed E-state index contributed by atoms with van der Waals surface area (Å²) in [5.74, 6) is -0.284. The first-order chi connectivity index (χ1) is 11.0. The molecule has 3 amide bonds. The van der Waals surface area contributed by atoms with E-state index in [9.17, 15) is 14.0 Å². The third-order valence-corrected chi connectivity index (χ3v) is 3.01. The molecule has 0 unspecified atom stereocenters. The lowest BCUT2D eigenvalue weighted by Crippen LogP contribution is -2.47. The number of benzene rings is 1. The predicted octanol–water partition coefficient (Wildman–Crippen LogP) is 0.708. The monoisotopic (exact) mass is 320 g/mol. The second-order valence-corrected chi connectivity index (χ2v) is 4.76. The molecule has 0 spiro atoms. The Bertz CT molecular complexity index is 655. The van der Waals surface area contributed by atoms with Crippen molar-refractivity contribution >= 4 is 11.9 Å². The highest BCUT2D eigenvalue weighted by Crippen LogP contribution is 2.11. The van der Waals surface area contributed by atoms with Crippen LogP contribution in [-0.4, -0.2) is 25.1 Å². The maximum Gasteiger partial charge on any atom is 0.323 e. The van der Waals surface area contributed by atoms with Crippen molar-refractivity contribution in [1.29, 1.82) is 0 Å². The number of ether oxygens (including phenoxy) is 1. The topological polar surface area (TPSA) is 105 Å². The highest BCUT2D eigenvalue weighted by molar-refractivity contribution is 6.00. The molecule has 0 saturated heterocycles. The fourth-order valence-electron chi connectivity index (χ4n) is 1.83. The molecule has 0 radical (unpaired) electrons. The minimum atomic E-state index is -0.561. The van der Waals surface area contributed by atoms with Crippen LogP contribution in [0.5, 0.6) is 5.75 Å². The molecule has 0 aromatic heterocycles. The molecule has 1 aromatic carbocycles. The van der Waals surface area contributed by atoms with Gasteiger partial charge in [-0.15, -0.1) is 0 Å². The first kappa shape index (κ1) is 16.3. The summed E-state index contributed by atoms with van der Waals surface area (Å²) >= 11 is 0. The predicted molar refractivity (Wildman–Crippen MR) is 81.5 cm³/mol. The van der Waals surface area contributed by atoms with Gasteiger partial charge in [-0.25, -0.2) is 9.18 Å². The fourth-order valence-corrected chi connectivity index (χ4v) is 1.83. The van der Waals surface area contributed by atoms with E-state index < -0.39 is 11.9 Å². The van der Waals surface area contributed by atoms with Gasteiger partial charge in [-0.05, 0) is 30.7 Å². The Morgan fingerprint density at radius 2 is 2.00 bits per heavy atom. The normalized spacial score (nSPS) is 14.1. The lowest BCUT2D eigenvalue weighted by Gasteiger charge is -2.20. The van der Waals surface area contributed by atoms with E-state index in [0.717, 1.165) is 0 Å². The van der Waals surface area contributed by atoms with Crippen LogP contribution in [0.2, 0.25) is 0 Å². The first-order valence-electron chi connectivity index (χ1n) is 6.91. The smallest absolute Gasteiger partial charge is 0.323 e. The van der Waals surface area contributed by atoms with Crippen molar-refractivity contribution in [3.63, 3.8) is 0 Å². The minimum Gasteiger partial charge on any atom is -0.494 e. The van der Waals surface area contributed by atoms with E-state index in [1.807, 2.05) is 0 Å². The van der Waals surface area contributed by atoms with Crippen LogP contribution >= 0.6 is 0 Å². The van der Waals surface area contributed by atoms with Crippen LogP contribution in [0.15, 0.2) is 47.9 Å². The average Bonchev–Trinajstić information content (AvgIpc) is 2.52. The molecule has 23 heavy (non-hydrogen) atoms. The Kier molecular flexibility index (Phi) is 5.19. The van der Waals surface area contributed by atoms with Crippen molar-refractivity contribution in [2.24, 2.45) is 5.73 Å². The third-order valence-electron chi connectivity index (χ3n) is 3.01. The van der Waals surface area contributed by atoms with Crippen LogP contribution in [0.3, 0.4) is 0 Å². The Hall–Kier alpha value is -3.03. The second-order valence-electron chi connectivity index (χ2n) is 4.76. The van der Waals surface area contributed by atoms with Gasteiger partial charge in [0.05, 0.1) is 18.0 Å². The van der Waals surface area contributed by atoms with Crippen molar-refractivity contribution in [3.05, 3.63) is 53.8 Å². The van der Waals surface area contributed by atoms with Crippen LogP contribution in [0, 0.1) is 5.82 Å². The molecule has 5 N–H and O–H groups in total. The number of rotatable bonds is 6. The van der Waals surface area contributed by atoms with Crippen molar-refractivity contribution < 1.29 is 18.7 Å². The van der Waals surface area contributed by atoms with Gasteiger partial charge in [-0.3, -0.25) is 4.79 Å². The number of hydrogen-bond acceptors (Lipinski definition) is 4. The van der Waals surface area contributed by atoms with E-state index >= 15 is 0 Å². The highest BCUT2D eigenvalue weighted by atomic mass is 19.1. The average molecular weight is 320 g/mol. The highest BCUT2D eigenvalue weighted by Gasteiger charge is 2.23. The Balaban J connectivity index is 1.74. The third kappa shape index (κ3) is 4.47. The molecule has 2 rings (SSSR count). The molecule has 0 bridgehead atoms. The summed E-state index contributed by atoms with van der Waals surface area (Å²) in [5, 5.41) is 7.31. The summed E-state index contributed by atoms with van der Waals surface area (Å²) in [6, 6.07) is 5.09. The lowest BCUT2D eigenvalue weighted by atomic mass is 10.2. The molecule has 1 aliphatic rings. The van der Waals surface area contributed by atoms with Gasteiger partial charge in [0.2, 0.25) is 0 Å². The maximum atomic E-state index is 12.7. The van der Waals surface area contributed by atoms with Gasteiger partial charge < -0.3 is 26.4 Å². The Labute approximate surface area is 132 Å². The molecule has 0 saturated carbocycles. The molecule has 7 nitrogen and oxygen atoms in total. The number of nitrogens with two attached hydrogens (primary N) is 1. The summed E-state index contributed by atoms with van der Waals surface area (Å²) < 4.78 is 18.1. The van der Waals surface area contributed by atoms with E-state index in [0.29, 0.717) is 25.3 Å². The van der Waals surface area contributed by atoms with Gasteiger partial charge >= 0.3 is 6.03 Å². The molecule has 1 aliphatic heterocycles. The van der Waals surface area contributed by atoms with Gasteiger partial charge in [-0.1, -0.05) is 6.58 Å². The van der Waals surface area contributed by atoms with E-state index in [2.05, 4.69) is 22.5 Å². The number of hydrogen-bond donors (Lipinski definition) is 4.